The van der Waals surface area contributed by atoms with Gasteiger partial charge < -0.3 is 14.4 Å². The Morgan fingerprint density at radius 1 is 0.271 bits per heavy atom. The summed E-state index contributed by atoms with van der Waals surface area (Å²) in [6, 6.07) is 100. The summed E-state index contributed by atoms with van der Waals surface area (Å²) in [4.78, 5) is 4.81. The fourth-order valence-electron chi connectivity index (χ4n) is 11.9. The van der Waals surface area contributed by atoms with Crippen molar-refractivity contribution in [2.24, 2.45) is 0 Å². The Morgan fingerprint density at radius 3 is 1.31 bits per heavy atom. The van der Waals surface area contributed by atoms with Crippen LogP contribution in [-0.2, 0) is 5.41 Å². The van der Waals surface area contributed by atoms with Gasteiger partial charge in [-0.3, -0.25) is 0 Å². The van der Waals surface area contributed by atoms with E-state index in [1.54, 1.807) is 0 Å². The lowest BCUT2D eigenvalue weighted by Crippen LogP contribution is -2.26. The van der Waals surface area contributed by atoms with E-state index >= 15 is 0 Å². The molecule has 2 aliphatic rings. The average Bonchev–Trinajstić information content (AvgIpc) is 4.04. The number of hydrogen-bond acceptors (Lipinski definition) is 2. The summed E-state index contributed by atoms with van der Waals surface area (Å²) in [5.41, 5.74) is 22.3. The summed E-state index contributed by atoms with van der Waals surface area (Å²) < 4.78 is 2.39. The van der Waals surface area contributed by atoms with Crippen molar-refractivity contribution in [3.8, 4) is 39.1 Å². The summed E-state index contributed by atoms with van der Waals surface area (Å²) in [6.07, 6.45) is 0. The maximum absolute atomic E-state index is 2.52. The lowest BCUT2D eigenvalue weighted by atomic mass is 9.70. The maximum atomic E-state index is 2.52. The molecule has 1 spiro atoms. The Balaban J connectivity index is 1.05. The lowest BCUT2D eigenvalue weighted by Gasteiger charge is -2.33. The standard InChI is InChI=1S/C67H45N3/c1-5-21-47(22-6-1)68(48-23-7-2-8-24-48)51-39-37-46(38-40-51)58-44-53(45-63-66(58)57-32-15-19-35-62(57)67(63)60-33-17-13-29-54(60)55-30-14-18-34-61(55)67)69(49-25-9-3-10-26-49)52-41-42-65-59(43-52)56-31-16-20-36-64(56)70(65)50-27-11-4-12-28-50/h1-45H. The van der Waals surface area contributed by atoms with Gasteiger partial charge in [0.2, 0.25) is 0 Å². The molecule has 0 bridgehead atoms. The van der Waals surface area contributed by atoms with Crippen LogP contribution in [0.25, 0.3) is 60.9 Å². The highest BCUT2D eigenvalue weighted by atomic mass is 15.1. The minimum atomic E-state index is -0.545. The van der Waals surface area contributed by atoms with Gasteiger partial charge in [-0.2, -0.15) is 0 Å². The molecule has 3 nitrogen and oxygen atoms in total. The van der Waals surface area contributed by atoms with Crippen LogP contribution in [0.2, 0.25) is 0 Å². The maximum Gasteiger partial charge on any atom is 0.0726 e. The Hall–Kier alpha value is -9.18. The molecule has 0 saturated heterocycles. The highest BCUT2D eigenvalue weighted by Crippen LogP contribution is 2.65. The van der Waals surface area contributed by atoms with E-state index in [0.29, 0.717) is 0 Å². The average molecular weight is 892 g/mol. The monoisotopic (exact) mass is 891 g/mol. The molecule has 1 heterocycles. The summed E-state index contributed by atoms with van der Waals surface area (Å²) >= 11 is 0. The number of anilines is 6. The fraction of sp³-hybridized carbons (Fsp3) is 0.0149. The molecule has 0 aliphatic heterocycles. The molecular weight excluding hydrogens is 847 g/mol. The highest BCUT2D eigenvalue weighted by Gasteiger charge is 2.52. The van der Waals surface area contributed by atoms with Crippen LogP contribution in [0.1, 0.15) is 22.3 Å². The Kier molecular flexibility index (Phi) is 9.11. The first-order valence-electron chi connectivity index (χ1n) is 24.2. The Labute approximate surface area is 408 Å². The van der Waals surface area contributed by atoms with Crippen molar-refractivity contribution < 1.29 is 0 Å². The van der Waals surface area contributed by atoms with Crippen molar-refractivity contribution >= 4 is 55.9 Å². The van der Waals surface area contributed by atoms with E-state index in [0.717, 1.165) is 45.4 Å². The van der Waals surface area contributed by atoms with Gasteiger partial charge in [0.25, 0.3) is 0 Å². The van der Waals surface area contributed by atoms with Gasteiger partial charge in [-0.1, -0.05) is 176 Å². The van der Waals surface area contributed by atoms with Crippen molar-refractivity contribution in [2.45, 2.75) is 5.41 Å². The molecule has 1 aromatic heterocycles. The van der Waals surface area contributed by atoms with E-state index < -0.39 is 5.41 Å². The van der Waals surface area contributed by atoms with E-state index in [1.165, 1.54) is 71.9 Å². The van der Waals surface area contributed by atoms with E-state index in [9.17, 15) is 0 Å². The van der Waals surface area contributed by atoms with Gasteiger partial charge in [-0.05, 0) is 153 Å². The SMILES string of the molecule is c1ccc(N(c2ccccc2)c2ccc(-c3cc(N(c4ccccc4)c4ccc5c(c4)c4ccccc4n5-c4ccccc4)cc4c3-c3ccccc3C43c4ccccc4-c4ccccc43)cc2)cc1. The second-order valence-corrected chi connectivity index (χ2v) is 18.4. The normalized spacial score (nSPS) is 12.7. The van der Waals surface area contributed by atoms with Crippen LogP contribution in [-0.4, -0.2) is 4.57 Å². The molecular formula is C67H45N3. The number of para-hydroxylation sites is 5. The minimum absolute atomic E-state index is 0.545. The fourth-order valence-corrected chi connectivity index (χ4v) is 11.9. The van der Waals surface area contributed by atoms with E-state index in [4.69, 9.17) is 0 Å². The lowest BCUT2D eigenvalue weighted by molar-refractivity contribution is 0.794. The summed E-state index contributed by atoms with van der Waals surface area (Å²) in [5.74, 6) is 0. The topological polar surface area (TPSA) is 11.4 Å². The molecule has 328 valence electrons. The first-order valence-corrected chi connectivity index (χ1v) is 24.2. The van der Waals surface area contributed by atoms with Crippen LogP contribution in [0.15, 0.2) is 273 Å². The summed E-state index contributed by atoms with van der Waals surface area (Å²) in [7, 11) is 0. The van der Waals surface area contributed by atoms with Crippen LogP contribution < -0.4 is 9.80 Å². The molecule has 14 rings (SSSR count). The minimum Gasteiger partial charge on any atom is -0.311 e. The number of rotatable bonds is 8. The molecule has 0 saturated carbocycles. The zero-order valence-electron chi connectivity index (χ0n) is 38.3. The third kappa shape index (κ3) is 5.95. The van der Waals surface area contributed by atoms with Gasteiger partial charge in [-0.25, -0.2) is 0 Å². The van der Waals surface area contributed by atoms with Gasteiger partial charge in [0, 0.05) is 50.6 Å². The second kappa shape index (κ2) is 16.0. The molecule has 11 aromatic carbocycles. The molecule has 0 amide bonds. The smallest absolute Gasteiger partial charge is 0.0726 e. The number of aromatic nitrogens is 1. The number of nitrogens with zero attached hydrogens (tertiary/aromatic N) is 3. The molecule has 0 unspecified atom stereocenters. The van der Waals surface area contributed by atoms with Gasteiger partial charge in [0.1, 0.15) is 0 Å². The third-order valence-corrected chi connectivity index (χ3v) is 14.7. The molecule has 0 atom stereocenters. The van der Waals surface area contributed by atoms with Gasteiger partial charge >= 0.3 is 0 Å². The molecule has 70 heavy (non-hydrogen) atoms. The van der Waals surface area contributed by atoms with Crippen LogP contribution >= 0.6 is 0 Å². The van der Waals surface area contributed by atoms with E-state index in [1.807, 2.05) is 0 Å². The highest BCUT2D eigenvalue weighted by molar-refractivity contribution is 6.11. The van der Waals surface area contributed by atoms with Gasteiger partial charge in [0.15, 0.2) is 0 Å². The molecule has 3 heteroatoms. The molecule has 12 aromatic rings. The van der Waals surface area contributed by atoms with Crippen LogP contribution in [0.4, 0.5) is 34.1 Å². The van der Waals surface area contributed by atoms with Crippen molar-refractivity contribution in [2.75, 3.05) is 9.80 Å². The number of hydrogen-bond donors (Lipinski definition) is 0. The Bertz CT molecular complexity index is 3850. The Morgan fingerprint density at radius 2 is 0.714 bits per heavy atom. The van der Waals surface area contributed by atoms with Crippen LogP contribution in [0.5, 0.6) is 0 Å². The van der Waals surface area contributed by atoms with Crippen molar-refractivity contribution in [1.82, 2.24) is 4.57 Å². The zero-order valence-corrected chi connectivity index (χ0v) is 38.3. The number of fused-ring (bicyclic) bond motifs is 13. The van der Waals surface area contributed by atoms with Crippen molar-refractivity contribution in [3.63, 3.8) is 0 Å². The largest absolute Gasteiger partial charge is 0.311 e. The van der Waals surface area contributed by atoms with Crippen molar-refractivity contribution in [1.29, 1.82) is 0 Å². The van der Waals surface area contributed by atoms with Gasteiger partial charge in [-0.15, -0.1) is 0 Å². The van der Waals surface area contributed by atoms with E-state index in [-0.39, 0.29) is 0 Å². The first-order chi connectivity index (χ1) is 34.8. The summed E-state index contributed by atoms with van der Waals surface area (Å²) in [5, 5.41) is 2.43. The predicted molar refractivity (Wildman–Crippen MR) is 292 cm³/mol. The van der Waals surface area contributed by atoms with Crippen LogP contribution in [0.3, 0.4) is 0 Å². The van der Waals surface area contributed by atoms with Crippen molar-refractivity contribution in [3.05, 3.63) is 295 Å². The van der Waals surface area contributed by atoms with Gasteiger partial charge in [0.05, 0.1) is 16.4 Å². The van der Waals surface area contributed by atoms with E-state index in [2.05, 4.69) is 287 Å². The predicted octanol–water partition coefficient (Wildman–Crippen LogP) is 17.7. The summed E-state index contributed by atoms with van der Waals surface area (Å²) in [6.45, 7) is 0. The number of benzene rings is 11. The zero-order chi connectivity index (χ0) is 46.2. The molecule has 2 aliphatic carbocycles. The first kappa shape index (κ1) is 39.9. The quantitative estimate of drug-likeness (QED) is 0.151. The molecule has 0 N–H and O–H groups in total. The second-order valence-electron chi connectivity index (χ2n) is 18.4. The van der Waals surface area contributed by atoms with Crippen LogP contribution in [0, 0.1) is 0 Å². The third-order valence-electron chi connectivity index (χ3n) is 14.7. The molecule has 0 radical (unpaired) electrons. The molecule has 0 fully saturated rings.